The van der Waals surface area contributed by atoms with Gasteiger partial charge in [-0.3, -0.25) is 4.68 Å². The first-order valence-corrected chi connectivity index (χ1v) is 7.78. The Hall–Kier alpha value is -3.49. The Labute approximate surface area is 149 Å². The van der Waals surface area contributed by atoms with Crippen molar-refractivity contribution in [1.29, 1.82) is 5.41 Å². The number of aryl methyl sites for hydroxylation is 1. The van der Waals surface area contributed by atoms with Gasteiger partial charge in [-0.05, 0) is 17.7 Å². The van der Waals surface area contributed by atoms with E-state index in [9.17, 15) is 4.39 Å². The molecule has 2 aromatic heterocycles. The van der Waals surface area contributed by atoms with Crippen molar-refractivity contribution in [3.05, 3.63) is 53.7 Å². The summed E-state index contributed by atoms with van der Waals surface area (Å²) >= 11 is 0. The van der Waals surface area contributed by atoms with Crippen molar-refractivity contribution in [3.63, 3.8) is 0 Å². The van der Waals surface area contributed by atoms with Gasteiger partial charge in [0.05, 0.1) is 24.6 Å². The first kappa shape index (κ1) is 17.3. The van der Waals surface area contributed by atoms with E-state index in [-0.39, 0.29) is 5.82 Å². The fourth-order valence-corrected chi connectivity index (χ4v) is 2.34. The number of methoxy groups -OCH3 is 1. The average Bonchev–Trinajstić information content (AvgIpc) is 3.04. The van der Waals surface area contributed by atoms with Crippen molar-refractivity contribution >= 4 is 23.7 Å². The Morgan fingerprint density at radius 1 is 1.31 bits per heavy atom. The fourth-order valence-electron chi connectivity index (χ4n) is 2.34. The van der Waals surface area contributed by atoms with Gasteiger partial charge in [-0.25, -0.2) is 9.37 Å². The van der Waals surface area contributed by atoms with Crippen LogP contribution in [0.25, 0.3) is 0 Å². The van der Waals surface area contributed by atoms with E-state index in [4.69, 9.17) is 10.1 Å². The van der Waals surface area contributed by atoms with Gasteiger partial charge in [0, 0.05) is 38.3 Å². The van der Waals surface area contributed by atoms with Crippen molar-refractivity contribution in [2.24, 2.45) is 7.05 Å². The first-order valence-electron chi connectivity index (χ1n) is 7.78. The summed E-state index contributed by atoms with van der Waals surface area (Å²) in [6, 6.07) is 4.46. The maximum absolute atomic E-state index is 13.6. The summed E-state index contributed by atoms with van der Waals surface area (Å²) in [6.07, 6.45) is 6.13. The van der Waals surface area contributed by atoms with Crippen LogP contribution in [0.15, 0.2) is 36.8 Å². The lowest BCUT2D eigenvalue weighted by atomic mass is 10.2. The van der Waals surface area contributed by atoms with Gasteiger partial charge in [0.1, 0.15) is 17.4 Å². The highest BCUT2D eigenvalue weighted by Gasteiger charge is 2.08. The summed E-state index contributed by atoms with van der Waals surface area (Å²) in [4.78, 5) is 8.56. The van der Waals surface area contributed by atoms with Crippen LogP contribution in [0.5, 0.6) is 5.75 Å². The van der Waals surface area contributed by atoms with Crippen LogP contribution >= 0.6 is 0 Å². The molecule has 0 spiro atoms. The second-order valence-corrected chi connectivity index (χ2v) is 5.52. The highest BCUT2D eigenvalue weighted by atomic mass is 19.1. The Balaban J connectivity index is 1.78. The molecule has 8 nitrogen and oxygen atoms in total. The molecule has 1 aromatic carbocycles. The molecule has 3 aromatic rings. The molecule has 0 aliphatic rings. The number of nitrogens with zero attached hydrogens (tertiary/aromatic N) is 4. The third-order valence-electron chi connectivity index (χ3n) is 3.56. The standard InChI is InChI=1S/C17H18FN7O/c1-25-10-14(9-22-25)23-17-21-8-12(6-19)16(24-17)20-7-11-3-13(18)5-15(4-11)26-2/h3-6,8-10,19H,7H2,1-2H3,(H2,20,21,23,24). The van der Waals surface area contributed by atoms with E-state index in [1.165, 1.54) is 25.4 Å². The maximum Gasteiger partial charge on any atom is 0.229 e. The lowest BCUT2D eigenvalue weighted by molar-refractivity contribution is 0.410. The predicted molar refractivity (Wildman–Crippen MR) is 96.7 cm³/mol. The molecular weight excluding hydrogens is 337 g/mol. The zero-order valence-corrected chi connectivity index (χ0v) is 14.3. The van der Waals surface area contributed by atoms with Crippen LogP contribution in [-0.2, 0) is 13.6 Å². The van der Waals surface area contributed by atoms with Gasteiger partial charge in [-0.1, -0.05) is 0 Å². The Morgan fingerprint density at radius 2 is 2.15 bits per heavy atom. The number of anilines is 3. The minimum absolute atomic E-state index is 0.318. The zero-order valence-electron chi connectivity index (χ0n) is 14.3. The minimum Gasteiger partial charge on any atom is -0.497 e. The van der Waals surface area contributed by atoms with Gasteiger partial charge in [0.25, 0.3) is 0 Å². The molecule has 9 heteroatoms. The van der Waals surface area contributed by atoms with Crippen molar-refractivity contribution in [3.8, 4) is 5.75 Å². The van der Waals surface area contributed by atoms with Gasteiger partial charge in [-0.2, -0.15) is 10.1 Å². The van der Waals surface area contributed by atoms with Crippen LogP contribution in [-0.4, -0.2) is 33.1 Å². The lowest BCUT2D eigenvalue weighted by Crippen LogP contribution is -2.08. The molecule has 26 heavy (non-hydrogen) atoms. The second kappa shape index (κ2) is 7.60. The van der Waals surface area contributed by atoms with Crippen LogP contribution < -0.4 is 15.4 Å². The highest BCUT2D eigenvalue weighted by Crippen LogP contribution is 2.19. The number of hydrogen-bond acceptors (Lipinski definition) is 7. The number of aromatic nitrogens is 4. The second-order valence-electron chi connectivity index (χ2n) is 5.52. The Morgan fingerprint density at radius 3 is 2.85 bits per heavy atom. The van der Waals surface area contributed by atoms with Crippen LogP contribution in [0, 0.1) is 11.2 Å². The number of ether oxygens (including phenoxy) is 1. The van der Waals surface area contributed by atoms with E-state index in [1.54, 1.807) is 23.1 Å². The molecule has 0 saturated carbocycles. The van der Waals surface area contributed by atoms with E-state index < -0.39 is 0 Å². The van der Waals surface area contributed by atoms with E-state index >= 15 is 0 Å². The van der Waals surface area contributed by atoms with Crippen LogP contribution in [0.2, 0.25) is 0 Å². The smallest absolute Gasteiger partial charge is 0.229 e. The highest BCUT2D eigenvalue weighted by molar-refractivity contribution is 5.84. The van der Waals surface area contributed by atoms with Gasteiger partial charge >= 0.3 is 0 Å². The molecule has 0 bridgehead atoms. The van der Waals surface area contributed by atoms with Crippen LogP contribution in [0.3, 0.4) is 0 Å². The number of hydrogen-bond donors (Lipinski definition) is 3. The molecule has 0 saturated heterocycles. The van der Waals surface area contributed by atoms with Crippen molar-refractivity contribution in [2.45, 2.75) is 6.54 Å². The normalized spacial score (nSPS) is 10.4. The topological polar surface area (TPSA) is 101 Å². The fraction of sp³-hybridized carbons (Fsp3) is 0.176. The van der Waals surface area contributed by atoms with Gasteiger partial charge in [0.15, 0.2) is 0 Å². The quantitative estimate of drug-likeness (QED) is 0.564. The monoisotopic (exact) mass is 355 g/mol. The van der Waals surface area contributed by atoms with E-state index in [2.05, 4.69) is 25.7 Å². The molecule has 0 amide bonds. The molecule has 0 atom stereocenters. The number of nitrogens with one attached hydrogen (secondary N) is 3. The van der Waals surface area contributed by atoms with Crippen LogP contribution in [0.4, 0.5) is 21.8 Å². The maximum atomic E-state index is 13.6. The van der Waals surface area contributed by atoms with Gasteiger partial charge < -0.3 is 20.8 Å². The first-order chi connectivity index (χ1) is 12.6. The summed E-state index contributed by atoms with van der Waals surface area (Å²) in [5.41, 5.74) is 1.96. The minimum atomic E-state index is -0.380. The summed E-state index contributed by atoms with van der Waals surface area (Å²) in [6.45, 7) is 0.318. The van der Waals surface area contributed by atoms with E-state index in [0.717, 1.165) is 11.9 Å². The molecule has 0 fully saturated rings. The molecule has 2 heterocycles. The summed E-state index contributed by atoms with van der Waals surface area (Å²) in [7, 11) is 3.30. The third-order valence-corrected chi connectivity index (χ3v) is 3.56. The predicted octanol–water partition coefficient (Wildman–Crippen LogP) is 2.71. The molecule has 3 rings (SSSR count). The van der Waals surface area contributed by atoms with Crippen molar-refractivity contribution in [2.75, 3.05) is 17.7 Å². The molecule has 134 valence electrons. The van der Waals surface area contributed by atoms with Crippen molar-refractivity contribution in [1.82, 2.24) is 19.7 Å². The van der Waals surface area contributed by atoms with Gasteiger partial charge in [-0.15, -0.1) is 0 Å². The summed E-state index contributed by atoms with van der Waals surface area (Å²) in [5.74, 6) is 0.887. The van der Waals surface area contributed by atoms with E-state index in [0.29, 0.717) is 35.2 Å². The number of rotatable bonds is 7. The number of halogens is 1. The molecule has 0 aliphatic carbocycles. The lowest BCUT2D eigenvalue weighted by Gasteiger charge is -2.11. The molecular formula is C17H18FN7O. The summed E-state index contributed by atoms with van der Waals surface area (Å²) in [5, 5.41) is 17.7. The van der Waals surface area contributed by atoms with E-state index in [1.807, 2.05) is 7.05 Å². The molecule has 0 unspecified atom stereocenters. The molecule has 0 radical (unpaired) electrons. The van der Waals surface area contributed by atoms with Gasteiger partial charge in [0.2, 0.25) is 5.95 Å². The molecule has 0 aliphatic heterocycles. The summed E-state index contributed by atoms with van der Waals surface area (Å²) < 4.78 is 20.3. The average molecular weight is 355 g/mol. The Bertz CT molecular complexity index is 925. The zero-order chi connectivity index (χ0) is 18.5. The third kappa shape index (κ3) is 4.12. The Kier molecular flexibility index (Phi) is 5.07. The van der Waals surface area contributed by atoms with Crippen molar-refractivity contribution < 1.29 is 9.13 Å². The SMILES string of the molecule is COc1cc(F)cc(CNc2nc(Nc3cnn(C)c3)ncc2C=N)c1. The number of benzene rings is 1. The van der Waals surface area contributed by atoms with Crippen LogP contribution in [0.1, 0.15) is 11.1 Å². The molecule has 3 N–H and O–H groups in total. The largest absolute Gasteiger partial charge is 0.497 e.